The molecule has 4 N–H and O–H groups in total. The van der Waals surface area contributed by atoms with Gasteiger partial charge in [-0.25, -0.2) is 0 Å². The van der Waals surface area contributed by atoms with Gasteiger partial charge in [0.05, 0.1) is 6.42 Å². The highest BCUT2D eigenvalue weighted by molar-refractivity contribution is 5.67. The van der Waals surface area contributed by atoms with Crippen LogP contribution in [-0.2, 0) is 4.79 Å². The lowest BCUT2D eigenvalue weighted by atomic mass is 10.1. The molecule has 2 atom stereocenters. The highest BCUT2D eigenvalue weighted by atomic mass is 16.4. The van der Waals surface area contributed by atoms with Crippen molar-refractivity contribution in [2.75, 3.05) is 6.54 Å². The van der Waals surface area contributed by atoms with Crippen LogP contribution in [0.25, 0.3) is 0 Å². The van der Waals surface area contributed by atoms with Crippen LogP contribution in [0.5, 0.6) is 0 Å². The summed E-state index contributed by atoms with van der Waals surface area (Å²) in [5.41, 5.74) is 5.60. The van der Waals surface area contributed by atoms with E-state index in [0.29, 0.717) is 0 Å². The van der Waals surface area contributed by atoms with E-state index in [1.54, 1.807) is 0 Å². The van der Waals surface area contributed by atoms with E-state index in [-0.39, 0.29) is 18.5 Å². The molecule has 4 heteroatoms. The molecular weight excluding hydrogens is 132 g/mol. The van der Waals surface area contributed by atoms with Crippen molar-refractivity contribution in [2.24, 2.45) is 5.73 Å². The average molecular weight is 144 g/mol. The molecule has 2 unspecified atom stereocenters. The van der Waals surface area contributed by atoms with Gasteiger partial charge in [0.25, 0.3) is 0 Å². The Labute approximate surface area is 59.4 Å². The van der Waals surface area contributed by atoms with Crippen LogP contribution in [0, 0.1) is 0 Å². The number of nitrogens with two attached hydrogens (primary N) is 1. The number of nitrogens with one attached hydrogen (secondary N) is 1. The monoisotopic (exact) mass is 144 g/mol. The zero-order valence-electron chi connectivity index (χ0n) is 5.71. The number of carboxylic acids is 1. The van der Waals surface area contributed by atoms with E-state index in [1.165, 1.54) is 0 Å². The average Bonchev–Trinajstić information content (AvgIpc) is 2.15. The fourth-order valence-corrected chi connectivity index (χ4v) is 1.20. The first kappa shape index (κ1) is 7.50. The van der Waals surface area contributed by atoms with Gasteiger partial charge in [-0.2, -0.15) is 0 Å². The van der Waals surface area contributed by atoms with Crippen molar-refractivity contribution < 1.29 is 9.90 Å². The maximum atomic E-state index is 10.2. The molecule has 0 spiro atoms. The summed E-state index contributed by atoms with van der Waals surface area (Å²) >= 11 is 0. The van der Waals surface area contributed by atoms with Gasteiger partial charge in [-0.05, 0) is 13.0 Å². The molecule has 1 aliphatic rings. The SMILES string of the molecule is NC1CCNC1CC(=O)O. The lowest BCUT2D eigenvalue weighted by Gasteiger charge is -2.11. The number of hydrogen-bond acceptors (Lipinski definition) is 3. The standard InChI is InChI=1S/C6H12N2O2/c7-4-1-2-8-5(4)3-6(9)10/h4-5,8H,1-3,7H2,(H,9,10). The van der Waals surface area contributed by atoms with Crippen molar-refractivity contribution in [3.63, 3.8) is 0 Å². The minimum absolute atomic E-state index is 0.0162. The summed E-state index contributed by atoms with van der Waals surface area (Å²) in [6.07, 6.45) is 1.03. The molecule has 0 radical (unpaired) electrons. The first-order chi connectivity index (χ1) is 4.70. The molecule has 10 heavy (non-hydrogen) atoms. The second kappa shape index (κ2) is 2.98. The van der Waals surface area contributed by atoms with Gasteiger partial charge in [-0.15, -0.1) is 0 Å². The largest absolute Gasteiger partial charge is 0.481 e. The van der Waals surface area contributed by atoms with Gasteiger partial charge < -0.3 is 16.2 Å². The van der Waals surface area contributed by atoms with Crippen molar-refractivity contribution in [1.29, 1.82) is 0 Å². The second-order valence-electron chi connectivity index (χ2n) is 2.61. The van der Waals surface area contributed by atoms with Crippen LogP contribution in [-0.4, -0.2) is 29.7 Å². The Morgan fingerprint density at radius 3 is 2.90 bits per heavy atom. The zero-order valence-corrected chi connectivity index (χ0v) is 5.71. The van der Waals surface area contributed by atoms with E-state index in [0.717, 1.165) is 13.0 Å². The molecule has 0 bridgehead atoms. The summed E-state index contributed by atoms with van der Waals surface area (Å²) in [6.45, 7) is 0.846. The molecule has 4 nitrogen and oxygen atoms in total. The summed E-state index contributed by atoms with van der Waals surface area (Å²) in [5.74, 6) is -0.783. The summed E-state index contributed by atoms with van der Waals surface area (Å²) < 4.78 is 0. The molecule has 58 valence electrons. The van der Waals surface area contributed by atoms with E-state index in [1.807, 2.05) is 0 Å². The predicted octanol–water partition coefficient (Wildman–Crippen LogP) is -0.850. The number of rotatable bonds is 2. The van der Waals surface area contributed by atoms with Gasteiger partial charge in [0.2, 0.25) is 0 Å². The Morgan fingerprint density at radius 2 is 2.50 bits per heavy atom. The Kier molecular flexibility index (Phi) is 2.24. The molecule has 0 aromatic heterocycles. The number of hydrogen-bond donors (Lipinski definition) is 3. The molecule has 0 amide bonds. The van der Waals surface area contributed by atoms with Gasteiger partial charge >= 0.3 is 5.97 Å². The Balaban J connectivity index is 2.33. The van der Waals surface area contributed by atoms with Crippen LogP contribution in [0.3, 0.4) is 0 Å². The molecule has 1 aliphatic heterocycles. The third-order valence-corrected chi connectivity index (χ3v) is 1.80. The predicted molar refractivity (Wildman–Crippen MR) is 36.6 cm³/mol. The highest BCUT2D eigenvalue weighted by Crippen LogP contribution is 2.07. The molecule has 1 fully saturated rings. The maximum absolute atomic E-state index is 10.2. The van der Waals surface area contributed by atoms with Gasteiger partial charge in [0.15, 0.2) is 0 Å². The molecule has 1 rings (SSSR count). The maximum Gasteiger partial charge on any atom is 0.304 e. The third-order valence-electron chi connectivity index (χ3n) is 1.80. The Hall–Kier alpha value is -0.610. The van der Waals surface area contributed by atoms with E-state index in [4.69, 9.17) is 10.8 Å². The first-order valence-electron chi connectivity index (χ1n) is 3.41. The molecule has 0 aromatic carbocycles. The van der Waals surface area contributed by atoms with Crippen LogP contribution >= 0.6 is 0 Å². The molecular formula is C6H12N2O2. The van der Waals surface area contributed by atoms with Gasteiger partial charge in [-0.1, -0.05) is 0 Å². The van der Waals surface area contributed by atoms with Crippen LogP contribution in [0.2, 0.25) is 0 Å². The second-order valence-corrected chi connectivity index (χ2v) is 2.61. The summed E-state index contributed by atoms with van der Waals surface area (Å²) in [4.78, 5) is 10.2. The number of carbonyl (C=O) groups is 1. The molecule has 0 aliphatic carbocycles. The fourth-order valence-electron chi connectivity index (χ4n) is 1.20. The minimum Gasteiger partial charge on any atom is -0.481 e. The molecule has 1 saturated heterocycles. The fraction of sp³-hybridized carbons (Fsp3) is 0.833. The Bertz CT molecular complexity index is 138. The van der Waals surface area contributed by atoms with Crippen molar-refractivity contribution in [1.82, 2.24) is 5.32 Å². The summed E-state index contributed by atoms with van der Waals surface area (Å²) in [7, 11) is 0. The topological polar surface area (TPSA) is 75.3 Å². The van der Waals surface area contributed by atoms with Gasteiger partial charge in [-0.3, -0.25) is 4.79 Å². The molecule has 0 aromatic rings. The van der Waals surface area contributed by atoms with E-state index in [9.17, 15) is 4.79 Å². The van der Waals surface area contributed by atoms with Crippen LogP contribution in [0.4, 0.5) is 0 Å². The normalized spacial score (nSPS) is 32.5. The van der Waals surface area contributed by atoms with Crippen LogP contribution in [0.1, 0.15) is 12.8 Å². The highest BCUT2D eigenvalue weighted by Gasteiger charge is 2.24. The van der Waals surface area contributed by atoms with Crippen molar-refractivity contribution >= 4 is 5.97 Å². The first-order valence-corrected chi connectivity index (χ1v) is 3.41. The number of carboxylic acid groups (broad SMARTS) is 1. The zero-order chi connectivity index (χ0) is 7.56. The van der Waals surface area contributed by atoms with E-state index < -0.39 is 5.97 Å². The van der Waals surface area contributed by atoms with Crippen molar-refractivity contribution in [3.8, 4) is 0 Å². The lowest BCUT2D eigenvalue weighted by molar-refractivity contribution is -0.137. The number of aliphatic carboxylic acids is 1. The minimum atomic E-state index is -0.783. The smallest absolute Gasteiger partial charge is 0.304 e. The molecule has 1 heterocycles. The van der Waals surface area contributed by atoms with Crippen molar-refractivity contribution in [3.05, 3.63) is 0 Å². The van der Waals surface area contributed by atoms with Gasteiger partial charge in [0, 0.05) is 12.1 Å². The van der Waals surface area contributed by atoms with Crippen molar-refractivity contribution in [2.45, 2.75) is 24.9 Å². The third kappa shape index (κ3) is 1.68. The summed E-state index contributed by atoms with van der Waals surface area (Å²) in [5, 5.41) is 11.4. The summed E-state index contributed by atoms with van der Waals surface area (Å²) in [6, 6.07) is 0.00796. The van der Waals surface area contributed by atoms with E-state index in [2.05, 4.69) is 5.32 Å². The Morgan fingerprint density at radius 1 is 1.80 bits per heavy atom. The van der Waals surface area contributed by atoms with Crippen LogP contribution in [0.15, 0.2) is 0 Å². The quantitative estimate of drug-likeness (QED) is 0.472. The van der Waals surface area contributed by atoms with E-state index >= 15 is 0 Å². The van der Waals surface area contributed by atoms with Crippen LogP contribution < -0.4 is 11.1 Å². The van der Waals surface area contributed by atoms with Gasteiger partial charge in [0.1, 0.15) is 0 Å². The molecule has 0 saturated carbocycles. The lowest BCUT2D eigenvalue weighted by Crippen LogP contribution is -2.37.